The van der Waals surface area contributed by atoms with Crippen molar-refractivity contribution < 1.29 is 26.3 Å². The third kappa shape index (κ3) is 13.3. The first kappa shape index (κ1) is 15.3. The van der Waals surface area contributed by atoms with Crippen LogP contribution in [0.1, 0.15) is 0 Å². The number of rotatable bonds is 1. The van der Waals surface area contributed by atoms with E-state index in [4.69, 9.17) is 8.42 Å². The van der Waals surface area contributed by atoms with Gasteiger partial charge in [-0.05, 0) is 12.1 Å². The van der Waals surface area contributed by atoms with Crippen molar-refractivity contribution in [1.82, 2.24) is 0 Å². The minimum atomic E-state index is -4.60. The lowest BCUT2D eigenvalue weighted by Crippen LogP contribution is -2.16. The molecule has 0 heterocycles. The quantitative estimate of drug-likeness (QED) is 0.747. The molecule has 1 aromatic carbocycles. The predicted molar refractivity (Wildman–Crippen MR) is 53.8 cm³/mol. The molecular weight excluding hydrogens is 292 g/mol. The Hall–Kier alpha value is -0.660. The van der Waals surface area contributed by atoms with E-state index >= 15 is 0 Å². The first-order chi connectivity index (χ1) is 7.08. The van der Waals surface area contributed by atoms with Crippen LogP contribution in [0.5, 0.6) is 5.75 Å². The molecule has 0 bridgehead atoms. The van der Waals surface area contributed by atoms with Gasteiger partial charge in [0.1, 0.15) is 5.75 Å². The lowest BCUT2D eigenvalue weighted by atomic mass is 10.3. The second-order valence-electron chi connectivity index (χ2n) is 2.24. The monoisotopic (exact) mass is 296 g/mol. The van der Waals surface area contributed by atoms with Crippen LogP contribution in [0.15, 0.2) is 30.3 Å². The van der Waals surface area contributed by atoms with Crippen molar-refractivity contribution >= 4 is 29.6 Å². The van der Waals surface area contributed by atoms with Crippen LogP contribution in [0.3, 0.4) is 0 Å². The van der Waals surface area contributed by atoms with E-state index in [1.54, 1.807) is 6.07 Å². The molecule has 0 unspecified atom stereocenters. The van der Waals surface area contributed by atoms with E-state index in [2.05, 4.69) is 26.1 Å². The van der Waals surface area contributed by atoms with Gasteiger partial charge in [-0.15, -0.1) is 13.2 Å². The Morgan fingerprint density at radius 2 is 1.44 bits per heavy atom. The summed E-state index contributed by atoms with van der Waals surface area (Å²) in [5.41, 5.74) is 0. The fourth-order valence-electron chi connectivity index (χ4n) is 0.622. The maximum absolute atomic E-state index is 11.5. The smallest absolute Gasteiger partial charge is 0.406 e. The van der Waals surface area contributed by atoms with E-state index in [0.717, 1.165) is 0 Å². The first-order valence-corrected chi connectivity index (χ1v) is 6.66. The van der Waals surface area contributed by atoms with Gasteiger partial charge in [-0.2, -0.15) is 8.42 Å². The van der Waals surface area contributed by atoms with E-state index in [1.165, 1.54) is 24.3 Å². The lowest BCUT2D eigenvalue weighted by molar-refractivity contribution is -0.274. The number of benzene rings is 1. The molecule has 0 aromatic heterocycles. The van der Waals surface area contributed by atoms with E-state index < -0.39 is 14.6 Å². The molecule has 1 aromatic rings. The van der Waals surface area contributed by atoms with Gasteiger partial charge in [0, 0.05) is 21.4 Å². The number of hydrogen-bond acceptors (Lipinski definition) is 3. The topological polar surface area (TPSA) is 43.4 Å². The molecule has 0 N–H and O–H groups in total. The molecular formula is C7H5Cl2F3O3S. The number of hydrogen-bond donors (Lipinski definition) is 0. The summed E-state index contributed by atoms with van der Waals surface area (Å²) >= 11 is 0. The summed E-state index contributed by atoms with van der Waals surface area (Å²) in [4.78, 5) is 0. The number of ether oxygens (including phenoxy) is 1. The van der Waals surface area contributed by atoms with E-state index in [9.17, 15) is 13.2 Å². The van der Waals surface area contributed by atoms with Gasteiger partial charge in [0.2, 0.25) is 0 Å². The normalized spacial score (nSPS) is 11.3. The summed E-state index contributed by atoms with van der Waals surface area (Å²) in [6.07, 6.45) is -4.60. The fraction of sp³-hybridized carbons (Fsp3) is 0.143. The average Bonchev–Trinajstić information content (AvgIpc) is 1.99. The second-order valence-corrected chi connectivity index (χ2v) is 5.91. The summed E-state index contributed by atoms with van der Waals surface area (Å²) in [5.74, 6) is -0.194. The predicted octanol–water partition coefficient (Wildman–Crippen LogP) is 3.29. The molecule has 0 aliphatic heterocycles. The van der Waals surface area contributed by atoms with E-state index in [-0.39, 0.29) is 5.75 Å². The molecule has 3 nitrogen and oxygen atoms in total. The zero-order valence-electron chi connectivity index (χ0n) is 7.41. The van der Waals surface area contributed by atoms with Gasteiger partial charge < -0.3 is 4.74 Å². The highest BCUT2D eigenvalue weighted by molar-refractivity contribution is 8.31. The molecule has 0 fully saturated rings. The Labute approximate surface area is 98.7 Å². The SMILES string of the molecule is FC(F)(F)Oc1ccccc1.O=S(=O)(Cl)Cl. The Kier molecular flexibility index (Phi) is 5.91. The van der Waals surface area contributed by atoms with Gasteiger partial charge >= 0.3 is 14.6 Å². The third-order valence-electron chi connectivity index (χ3n) is 0.977. The molecule has 0 amide bonds. The summed E-state index contributed by atoms with van der Waals surface area (Å²) in [5, 5.41) is 0. The second kappa shape index (κ2) is 6.17. The third-order valence-corrected chi connectivity index (χ3v) is 0.977. The molecule has 0 saturated heterocycles. The zero-order chi connectivity index (χ0) is 12.8. The minimum absolute atomic E-state index is 0.194. The summed E-state index contributed by atoms with van der Waals surface area (Å²) in [7, 11) is 4.81. The van der Waals surface area contributed by atoms with Crippen LogP contribution < -0.4 is 4.74 Å². The lowest BCUT2D eigenvalue weighted by Gasteiger charge is -2.07. The van der Waals surface area contributed by atoms with Crippen molar-refractivity contribution in [3.63, 3.8) is 0 Å². The van der Waals surface area contributed by atoms with E-state index in [0.29, 0.717) is 0 Å². The van der Waals surface area contributed by atoms with E-state index in [1.807, 2.05) is 0 Å². The maximum Gasteiger partial charge on any atom is 0.573 e. The summed E-state index contributed by atoms with van der Waals surface area (Å²) in [6.45, 7) is 0. The van der Waals surface area contributed by atoms with Gasteiger partial charge in [-0.3, -0.25) is 0 Å². The highest BCUT2D eigenvalue weighted by atomic mass is 36.0. The fourth-order valence-corrected chi connectivity index (χ4v) is 0.622. The Balaban J connectivity index is 0.000000385. The van der Waals surface area contributed by atoms with Crippen LogP contribution >= 0.6 is 21.4 Å². The molecule has 0 radical (unpaired) electrons. The summed E-state index contributed by atoms with van der Waals surface area (Å²) in [6, 6.07) is 7.05. The van der Waals surface area contributed by atoms with Gasteiger partial charge in [0.05, 0.1) is 0 Å². The number of halogens is 5. The molecule has 1 rings (SSSR count). The zero-order valence-corrected chi connectivity index (χ0v) is 9.74. The van der Waals surface area contributed by atoms with Gasteiger partial charge in [0.25, 0.3) is 0 Å². The van der Waals surface area contributed by atoms with Crippen molar-refractivity contribution in [3.8, 4) is 5.75 Å². The van der Waals surface area contributed by atoms with Gasteiger partial charge in [-0.1, -0.05) is 18.2 Å². The van der Waals surface area contributed by atoms with Gasteiger partial charge in [-0.25, -0.2) is 0 Å². The standard InChI is InChI=1S/C7H5F3O.Cl2O2S/c8-7(9,10)11-6-4-2-1-3-5-6;1-5(2,3)4/h1-5H;. The van der Waals surface area contributed by atoms with Crippen molar-refractivity contribution in [2.24, 2.45) is 0 Å². The molecule has 0 aliphatic carbocycles. The Bertz CT molecular complexity index is 397. The van der Waals surface area contributed by atoms with Crippen LogP contribution in [0, 0.1) is 0 Å². The molecule has 9 heteroatoms. The number of alkyl halides is 3. The molecule has 0 atom stereocenters. The van der Waals surface area contributed by atoms with Crippen molar-refractivity contribution in [3.05, 3.63) is 30.3 Å². The molecule has 16 heavy (non-hydrogen) atoms. The van der Waals surface area contributed by atoms with Crippen molar-refractivity contribution in [2.75, 3.05) is 0 Å². The molecule has 0 aliphatic rings. The van der Waals surface area contributed by atoms with Crippen LogP contribution in [0.25, 0.3) is 0 Å². The Morgan fingerprint density at radius 1 is 1.06 bits per heavy atom. The average molecular weight is 297 g/mol. The van der Waals surface area contributed by atoms with Crippen LogP contribution in [0.2, 0.25) is 0 Å². The van der Waals surface area contributed by atoms with Crippen LogP contribution in [0.4, 0.5) is 13.2 Å². The largest absolute Gasteiger partial charge is 0.573 e. The highest BCUT2D eigenvalue weighted by Gasteiger charge is 2.30. The summed E-state index contributed by atoms with van der Waals surface area (Å²) < 4.78 is 56.5. The molecule has 0 saturated carbocycles. The Morgan fingerprint density at radius 3 is 1.75 bits per heavy atom. The van der Waals surface area contributed by atoms with Crippen molar-refractivity contribution in [2.45, 2.75) is 6.36 Å². The first-order valence-electron chi connectivity index (χ1n) is 3.53. The molecule has 0 spiro atoms. The highest BCUT2D eigenvalue weighted by Crippen LogP contribution is 2.21. The van der Waals surface area contributed by atoms with Crippen molar-refractivity contribution in [1.29, 1.82) is 0 Å². The van der Waals surface area contributed by atoms with Gasteiger partial charge in [0.15, 0.2) is 0 Å². The molecule has 92 valence electrons. The van der Waals surface area contributed by atoms with Crippen LogP contribution in [-0.2, 0) is 8.26 Å². The maximum atomic E-state index is 11.5. The van der Waals surface area contributed by atoms with Crippen LogP contribution in [-0.4, -0.2) is 14.8 Å². The number of para-hydroxylation sites is 1. The minimum Gasteiger partial charge on any atom is -0.406 e.